The number of aliphatic hydroxyl groups is 2. The molecule has 2 heterocycles. The van der Waals surface area contributed by atoms with Gasteiger partial charge in [0, 0.05) is 26.2 Å². The molecular weight excluding hydrogens is 316 g/mol. The number of amides is 2. The molecule has 0 radical (unpaired) electrons. The largest absolute Gasteiger partial charge is 0.444 e. The van der Waals surface area contributed by atoms with E-state index >= 15 is 0 Å². The molecule has 4 N–H and O–H groups in total. The fraction of sp³-hybridized carbons (Fsp3) is 0.867. The number of hydrogen-bond acceptors (Lipinski definition) is 7. The van der Waals surface area contributed by atoms with Gasteiger partial charge < -0.3 is 25.6 Å². The summed E-state index contributed by atoms with van der Waals surface area (Å²) in [6.07, 6.45) is -1.42. The van der Waals surface area contributed by atoms with Gasteiger partial charge in [-0.25, -0.2) is 4.79 Å². The topological polar surface area (TPSA) is 120 Å². The molecule has 0 aromatic rings. The van der Waals surface area contributed by atoms with Crippen LogP contribution in [0.15, 0.2) is 0 Å². The summed E-state index contributed by atoms with van der Waals surface area (Å²) in [6, 6.07) is -0.934. The first-order chi connectivity index (χ1) is 11.0. The SMILES string of the molecule is CN1CCN(C(=O)OC(C)(C)C)CC12CN([C@@H](CO)C(N)=O)C2O. The molecule has 2 saturated heterocycles. The molecule has 2 fully saturated rings. The Morgan fingerprint density at radius 1 is 1.33 bits per heavy atom. The second kappa shape index (κ2) is 6.47. The number of primary amides is 1. The summed E-state index contributed by atoms with van der Waals surface area (Å²) in [5.41, 5.74) is 3.98. The van der Waals surface area contributed by atoms with Gasteiger partial charge in [-0.2, -0.15) is 0 Å². The van der Waals surface area contributed by atoms with Crippen molar-refractivity contribution >= 4 is 12.0 Å². The predicted molar refractivity (Wildman–Crippen MR) is 85.9 cm³/mol. The van der Waals surface area contributed by atoms with Gasteiger partial charge in [-0.3, -0.25) is 14.6 Å². The number of ether oxygens (including phenoxy) is 1. The molecule has 24 heavy (non-hydrogen) atoms. The summed E-state index contributed by atoms with van der Waals surface area (Å²) in [5.74, 6) is -0.686. The fourth-order valence-electron chi connectivity index (χ4n) is 3.27. The zero-order chi connectivity index (χ0) is 18.3. The molecule has 138 valence electrons. The molecule has 2 rings (SSSR count). The standard InChI is InChI=1S/C15H28N4O5/c1-14(2,3)24-13(23)18-6-5-17(4)15(8-18)9-19(12(15)22)10(7-20)11(16)21/h10,12,20,22H,5-9H2,1-4H3,(H2,16,21)/t10-,12?,15?/m0/s1. The Balaban J connectivity index is 2.10. The molecular formula is C15H28N4O5. The second-order valence-corrected chi connectivity index (χ2v) is 7.57. The van der Waals surface area contributed by atoms with Crippen molar-refractivity contribution in [2.24, 2.45) is 5.73 Å². The molecule has 2 aliphatic heterocycles. The van der Waals surface area contributed by atoms with Gasteiger partial charge in [0.1, 0.15) is 17.9 Å². The van der Waals surface area contributed by atoms with Crippen molar-refractivity contribution in [2.45, 2.75) is 44.2 Å². The smallest absolute Gasteiger partial charge is 0.410 e. The second-order valence-electron chi connectivity index (χ2n) is 7.57. The minimum absolute atomic E-state index is 0.285. The third-order valence-electron chi connectivity index (χ3n) is 4.73. The minimum Gasteiger partial charge on any atom is -0.444 e. The Labute approximate surface area is 141 Å². The van der Waals surface area contributed by atoms with Crippen LogP contribution in [0.5, 0.6) is 0 Å². The van der Waals surface area contributed by atoms with E-state index in [-0.39, 0.29) is 6.54 Å². The van der Waals surface area contributed by atoms with Crippen LogP contribution in [-0.2, 0) is 9.53 Å². The lowest BCUT2D eigenvalue weighted by molar-refractivity contribution is -0.234. The van der Waals surface area contributed by atoms with E-state index in [4.69, 9.17) is 10.5 Å². The van der Waals surface area contributed by atoms with Crippen LogP contribution in [0, 0.1) is 0 Å². The van der Waals surface area contributed by atoms with Gasteiger partial charge in [0.05, 0.1) is 12.1 Å². The Morgan fingerprint density at radius 2 is 1.96 bits per heavy atom. The van der Waals surface area contributed by atoms with Gasteiger partial charge in [-0.15, -0.1) is 0 Å². The van der Waals surface area contributed by atoms with Crippen LogP contribution in [0.25, 0.3) is 0 Å². The third kappa shape index (κ3) is 3.34. The first-order valence-corrected chi connectivity index (χ1v) is 8.05. The summed E-state index contributed by atoms with van der Waals surface area (Å²) in [5, 5.41) is 19.9. The molecule has 3 atom stereocenters. The number of rotatable bonds is 3. The molecule has 0 saturated carbocycles. The number of carbonyl (C=O) groups is 2. The summed E-state index contributed by atoms with van der Waals surface area (Å²) in [6.45, 7) is 6.64. The van der Waals surface area contributed by atoms with Gasteiger partial charge in [0.25, 0.3) is 0 Å². The Bertz CT molecular complexity index is 509. The van der Waals surface area contributed by atoms with Crippen molar-refractivity contribution in [1.82, 2.24) is 14.7 Å². The van der Waals surface area contributed by atoms with E-state index in [1.54, 1.807) is 25.7 Å². The van der Waals surface area contributed by atoms with Crippen molar-refractivity contribution in [2.75, 3.05) is 39.8 Å². The predicted octanol–water partition coefficient (Wildman–Crippen LogP) is -1.61. The summed E-state index contributed by atoms with van der Waals surface area (Å²) in [7, 11) is 1.87. The zero-order valence-corrected chi connectivity index (χ0v) is 14.7. The van der Waals surface area contributed by atoms with Gasteiger partial charge in [-0.05, 0) is 27.8 Å². The highest BCUT2D eigenvalue weighted by Crippen LogP contribution is 2.37. The zero-order valence-electron chi connectivity index (χ0n) is 14.7. The van der Waals surface area contributed by atoms with Crippen molar-refractivity contribution in [3.63, 3.8) is 0 Å². The molecule has 1 spiro atoms. The molecule has 2 unspecified atom stereocenters. The molecule has 0 aromatic carbocycles. The van der Waals surface area contributed by atoms with E-state index in [9.17, 15) is 19.8 Å². The number of nitrogens with zero attached hydrogens (tertiary/aromatic N) is 3. The molecule has 9 heteroatoms. The van der Waals surface area contributed by atoms with E-state index in [0.29, 0.717) is 19.6 Å². The van der Waals surface area contributed by atoms with E-state index < -0.39 is 42.0 Å². The van der Waals surface area contributed by atoms with Gasteiger partial charge >= 0.3 is 6.09 Å². The lowest BCUT2D eigenvalue weighted by atomic mass is 9.81. The third-order valence-corrected chi connectivity index (χ3v) is 4.73. The number of likely N-dealkylation sites (tertiary alicyclic amines) is 1. The highest BCUT2D eigenvalue weighted by atomic mass is 16.6. The van der Waals surface area contributed by atoms with E-state index in [1.807, 2.05) is 11.9 Å². The number of likely N-dealkylation sites (N-methyl/N-ethyl adjacent to an activating group) is 1. The normalized spacial score (nSPS) is 30.1. The number of aliphatic hydroxyl groups excluding tert-OH is 2. The van der Waals surface area contributed by atoms with E-state index in [2.05, 4.69) is 0 Å². The van der Waals surface area contributed by atoms with Crippen molar-refractivity contribution in [1.29, 1.82) is 0 Å². The Hall–Kier alpha value is -1.42. The lowest BCUT2D eigenvalue weighted by Gasteiger charge is -2.63. The minimum atomic E-state index is -1.00. The van der Waals surface area contributed by atoms with Crippen molar-refractivity contribution in [3.05, 3.63) is 0 Å². The average Bonchev–Trinajstić information content (AvgIpc) is 2.46. The van der Waals surface area contributed by atoms with E-state index in [0.717, 1.165) is 0 Å². The quantitative estimate of drug-likeness (QED) is 0.563. The van der Waals surface area contributed by atoms with E-state index in [1.165, 1.54) is 4.90 Å². The fourth-order valence-corrected chi connectivity index (χ4v) is 3.27. The maximum Gasteiger partial charge on any atom is 0.410 e. The number of piperazine rings is 1. The first-order valence-electron chi connectivity index (χ1n) is 8.05. The van der Waals surface area contributed by atoms with Crippen molar-refractivity contribution in [3.8, 4) is 0 Å². The van der Waals surface area contributed by atoms with Crippen LogP contribution in [0.1, 0.15) is 20.8 Å². The molecule has 9 nitrogen and oxygen atoms in total. The van der Waals surface area contributed by atoms with Crippen LogP contribution >= 0.6 is 0 Å². The highest BCUT2D eigenvalue weighted by Gasteiger charge is 2.59. The number of carbonyl (C=O) groups excluding carboxylic acids is 2. The van der Waals surface area contributed by atoms with Gasteiger partial charge in [-0.1, -0.05) is 0 Å². The number of hydrogen-bond donors (Lipinski definition) is 3. The molecule has 0 aromatic heterocycles. The summed E-state index contributed by atoms with van der Waals surface area (Å²) >= 11 is 0. The maximum absolute atomic E-state index is 12.3. The maximum atomic E-state index is 12.3. The van der Waals surface area contributed by atoms with Crippen molar-refractivity contribution < 1.29 is 24.5 Å². The molecule has 2 aliphatic rings. The molecule has 0 aliphatic carbocycles. The summed E-state index contributed by atoms with van der Waals surface area (Å²) < 4.78 is 5.40. The summed E-state index contributed by atoms with van der Waals surface area (Å²) in [4.78, 5) is 28.7. The monoisotopic (exact) mass is 344 g/mol. The molecule has 2 amide bonds. The van der Waals surface area contributed by atoms with Crippen LogP contribution in [-0.4, -0.2) is 100 Å². The highest BCUT2D eigenvalue weighted by molar-refractivity contribution is 5.80. The Morgan fingerprint density at radius 3 is 2.42 bits per heavy atom. The van der Waals surface area contributed by atoms with Crippen LogP contribution < -0.4 is 5.73 Å². The Kier molecular flexibility index (Phi) is 5.10. The number of nitrogens with two attached hydrogens (primary N) is 1. The van der Waals surface area contributed by atoms with Crippen LogP contribution in [0.4, 0.5) is 4.79 Å². The lowest BCUT2D eigenvalue weighted by Crippen LogP contribution is -2.83. The van der Waals surface area contributed by atoms with Crippen LogP contribution in [0.2, 0.25) is 0 Å². The first kappa shape index (κ1) is 18.9. The van der Waals surface area contributed by atoms with Gasteiger partial charge in [0.2, 0.25) is 5.91 Å². The van der Waals surface area contributed by atoms with Crippen LogP contribution in [0.3, 0.4) is 0 Å². The van der Waals surface area contributed by atoms with Gasteiger partial charge in [0.15, 0.2) is 0 Å². The average molecular weight is 344 g/mol. The molecule has 0 bridgehead atoms.